The van der Waals surface area contributed by atoms with Crippen LogP contribution in [0.4, 0.5) is 0 Å². The summed E-state index contributed by atoms with van der Waals surface area (Å²) in [7, 11) is 0. The summed E-state index contributed by atoms with van der Waals surface area (Å²) >= 11 is 0. The SMILES string of the molecule is CC(=O)N1CCCC(C(=O)NC2COCC2(C)C(=O)O)C1. The largest absolute Gasteiger partial charge is 0.481 e. The van der Waals surface area contributed by atoms with Gasteiger partial charge in [-0.1, -0.05) is 0 Å². The maximum atomic E-state index is 12.3. The molecule has 21 heavy (non-hydrogen) atoms. The number of amides is 2. The third-order valence-electron chi connectivity index (χ3n) is 4.50. The van der Waals surface area contributed by atoms with Gasteiger partial charge in [0, 0.05) is 20.0 Å². The number of carboxylic acid groups (broad SMARTS) is 1. The molecular weight excluding hydrogens is 276 g/mol. The Bertz CT molecular complexity index is 453. The number of carbonyl (C=O) groups is 3. The van der Waals surface area contributed by atoms with Crippen molar-refractivity contribution in [3.8, 4) is 0 Å². The predicted molar refractivity (Wildman–Crippen MR) is 73.5 cm³/mol. The number of ether oxygens (including phenoxy) is 1. The Morgan fingerprint density at radius 1 is 1.38 bits per heavy atom. The van der Waals surface area contributed by atoms with Gasteiger partial charge in [0.15, 0.2) is 0 Å². The van der Waals surface area contributed by atoms with E-state index in [1.165, 1.54) is 6.92 Å². The minimum Gasteiger partial charge on any atom is -0.481 e. The Kier molecular flexibility index (Phi) is 4.51. The molecule has 0 aromatic rings. The fourth-order valence-electron chi connectivity index (χ4n) is 2.85. The van der Waals surface area contributed by atoms with Gasteiger partial charge in [0.05, 0.1) is 25.2 Å². The van der Waals surface area contributed by atoms with E-state index in [-0.39, 0.29) is 30.9 Å². The number of nitrogens with one attached hydrogen (secondary N) is 1. The van der Waals surface area contributed by atoms with Gasteiger partial charge < -0.3 is 20.1 Å². The second kappa shape index (κ2) is 6.01. The molecule has 0 aromatic heterocycles. The van der Waals surface area contributed by atoms with Crippen LogP contribution < -0.4 is 5.32 Å². The number of carbonyl (C=O) groups excluding carboxylic acids is 2. The number of carboxylic acids is 1. The molecule has 2 fully saturated rings. The Labute approximate surface area is 123 Å². The van der Waals surface area contributed by atoms with E-state index in [0.29, 0.717) is 19.5 Å². The van der Waals surface area contributed by atoms with Crippen LogP contribution in [0.1, 0.15) is 26.7 Å². The lowest BCUT2D eigenvalue weighted by molar-refractivity contribution is -0.149. The van der Waals surface area contributed by atoms with Crippen LogP contribution >= 0.6 is 0 Å². The highest BCUT2D eigenvalue weighted by molar-refractivity contribution is 5.83. The van der Waals surface area contributed by atoms with E-state index in [0.717, 1.165) is 6.42 Å². The number of rotatable bonds is 3. The van der Waals surface area contributed by atoms with Gasteiger partial charge >= 0.3 is 5.97 Å². The van der Waals surface area contributed by atoms with Crippen molar-refractivity contribution in [2.45, 2.75) is 32.7 Å². The molecule has 2 amide bonds. The van der Waals surface area contributed by atoms with Crippen LogP contribution in [0.2, 0.25) is 0 Å². The first-order chi connectivity index (χ1) is 9.84. The van der Waals surface area contributed by atoms with Crippen LogP contribution in [0.15, 0.2) is 0 Å². The molecule has 0 bridgehead atoms. The minimum absolute atomic E-state index is 0.0351. The molecule has 0 radical (unpaired) electrons. The predicted octanol–water partition coefficient (Wildman–Crippen LogP) is -0.149. The first-order valence-electron chi connectivity index (χ1n) is 7.21. The average Bonchev–Trinajstić information content (AvgIpc) is 2.81. The van der Waals surface area contributed by atoms with Gasteiger partial charge in [-0.3, -0.25) is 14.4 Å². The zero-order valence-corrected chi connectivity index (χ0v) is 12.4. The molecule has 0 aliphatic carbocycles. The molecule has 3 atom stereocenters. The highest BCUT2D eigenvalue weighted by Crippen LogP contribution is 2.29. The summed E-state index contributed by atoms with van der Waals surface area (Å²) in [5, 5.41) is 12.1. The second-order valence-electron chi connectivity index (χ2n) is 6.10. The molecular formula is C14H22N2O5. The van der Waals surface area contributed by atoms with Crippen LogP contribution in [0.3, 0.4) is 0 Å². The van der Waals surface area contributed by atoms with E-state index in [4.69, 9.17) is 4.74 Å². The Balaban J connectivity index is 1.98. The summed E-state index contributed by atoms with van der Waals surface area (Å²) in [6.45, 7) is 4.45. The van der Waals surface area contributed by atoms with Crippen molar-refractivity contribution in [3.63, 3.8) is 0 Å². The maximum Gasteiger partial charge on any atom is 0.313 e. The van der Waals surface area contributed by atoms with Crippen molar-refractivity contribution in [2.24, 2.45) is 11.3 Å². The van der Waals surface area contributed by atoms with Gasteiger partial charge in [0.25, 0.3) is 0 Å². The molecule has 0 saturated carbocycles. The van der Waals surface area contributed by atoms with E-state index < -0.39 is 17.4 Å². The lowest BCUT2D eigenvalue weighted by Crippen LogP contribution is -2.53. The molecule has 118 valence electrons. The number of hydrogen-bond acceptors (Lipinski definition) is 4. The highest BCUT2D eigenvalue weighted by atomic mass is 16.5. The summed E-state index contributed by atoms with van der Waals surface area (Å²) in [5.41, 5.74) is -1.09. The number of piperidine rings is 1. The lowest BCUT2D eigenvalue weighted by atomic mass is 9.85. The first-order valence-corrected chi connectivity index (χ1v) is 7.21. The molecule has 0 spiro atoms. The van der Waals surface area contributed by atoms with Crippen molar-refractivity contribution < 1.29 is 24.2 Å². The van der Waals surface area contributed by atoms with Gasteiger partial charge in [0.1, 0.15) is 5.41 Å². The Morgan fingerprint density at radius 3 is 2.71 bits per heavy atom. The number of hydrogen-bond donors (Lipinski definition) is 2. The van der Waals surface area contributed by atoms with Crippen LogP contribution in [-0.4, -0.2) is 60.1 Å². The Morgan fingerprint density at radius 2 is 2.10 bits per heavy atom. The summed E-state index contributed by atoms with van der Waals surface area (Å²) in [4.78, 5) is 36.7. The molecule has 2 N–H and O–H groups in total. The third kappa shape index (κ3) is 3.18. The van der Waals surface area contributed by atoms with Crippen LogP contribution in [0, 0.1) is 11.3 Å². The monoisotopic (exact) mass is 298 g/mol. The molecule has 2 heterocycles. The van der Waals surface area contributed by atoms with Gasteiger partial charge in [-0.25, -0.2) is 0 Å². The zero-order chi connectivity index (χ0) is 15.6. The summed E-state index contributed by atoms with van der Waals surface area (Å²) < 4.78 is 5.22. The molecule has 3 unspecified atom stereocenters. The van der Waals surface area contributed by atoms with Gasteiger partial charge in [-0.05, 0) is 19.8 Å². The fraction of sp³-hybridized carbons (Fsp3) is 0.786. The summed E-state index contributed by atoms with van der Waals surface area (Å²) in [5.74, 6) is -1.48. The number of likely N-dealkylation sites (tertiary alicyclic amines) is 1. The molecule has 2 saturated heterocycles. The van der Waals surface area contributed by atoms with E-state index in [2.05, 4.69) is 5.32 Å². The lowest BCUT2D eigenvalue weighted by Gasteiger charge is -2.33. The van der Waals surface area contributed by atoms with Crippen molar-refractivity contribution >= 4 is 17.8 Å². The van der Waals surface area contributed by atoms with Crippen LogP contribution in [0.25, 0.3) is 0 Å². The normalized spacial score (nSPS) is 32.8. The van der Waals surface area contributed by atoms with E-state index in [9.17, 15) is 19.5 Å². The molecule has 0 aromatic carbocycles. The number of nitrogens with zero attached hydrogens (tertiary/aromatic N) is 1. The highest BCUT2D eigenvalue weighted by Gasteiger charge is 2.47. The van der Waals surface area contributed by atoms with Gasteiger partial charge in [-0.15, -0.1) is 0 Å². The van der Waals surface area contributed by atoms with Gasteiger partial charge in [0.2, 0.25) is 11.8 Å². The van der Waals surface area contributed by atoms with Crippen molar-refractivity contribution in [2.75, 3.05) is 26.3 Å². The molecule has 7 nitrogen and oxygen atoms in total. The molecule has 2 rings (SSSR count). The van der Waals surface area contributed by atoms with Crippen molar-refractivity contribution in [1.82, 2.24) is 10.2 Å². The molecule has 2 aliphatic heterocycles. The topological polar surface area (TPSA) is 95.9 Å². The average molecular weight is 298 g/mol. The first kappa shape index (κ1) is 15.8. The Hall–Kier alpha value is -1.63. The maximum absolute atomic E-state index is 12.3. The van der Waals surface area contributed by atoms with E-state index in [1.54, 1.807) is 11.8 Å². The third-order valence-corrected chi connectivity index (χ3v) is 4.50. The van der Waals surface area contributed by atoms with Crippen molar-refractivity contribution in [3.05, 3.63) is 0 Å². The quantitative estimate of drug-likeness (QED) is 0.755. The second-order valence-corrected chi connectivity index (χ2v) is 6.10. The van der Waals surface area contributed by atoms with Gasteiger partial charge in [-0.2, -0.15) is 0 Å². The van der Waals surface area contributed by atoms with Crippen LogP contribution in [0.5, 0.6) is 0 Å². The van der Waals surface area contributed by atoms with Crippen LogP contribution in [-0.2, 0) is 19.1 Å². The summed E-state index contributed by atoms with van der Waals surface area (Å²) in [6.07, 6.45) is 1.50. The summed E-state index contributed by atoms with van der Waals surface area (Å²) in [6, 6.07) is -0.532. The van der Waals surface area contributed by atoms with Crippen molar-refractivity contribution in [1.29, 1.82) is 0 Å². The van der Waals surface area contributed by atoms with E-state index >= 15 is 0 Å². The molecule has 7 heteroatoms. The fourth-order valence-corrected chi connectivity index (χ4v) is 2.85. The number of aliphatic carboxylic acids is 1. The standard InChI is InChI=1S/C14H22N2O5/c1-9(17)16-5-3-4-10(6-16)12(18)15-11-7-21-8-14(11,2)13(19)20/h10-11H,3-8H2,1-2H3,(H,15,18)(H,19,20). The van der Waals surface area contributed by atoms with E-state index in [1.807, 2.05) is 0 Å². The molecule has 2 aliphatic rings. The minimum atomic E-state index is -1.09. The zero-order valence-electron chi connectivity index (χ0n) is 12.4. The smallest absolute Gasteiger partial charge is 0.313 e.